The maximum atomic E-state index is 3.78. The summed E-state index contributed by atoms with van der Waals surface area (Å²) in [7, 11) is 0. The van der Waals surface area contributed by atoms with Gasteiger partial charge in [0.05, 0.1) is 0 Å². The van der Waals surface area contributed by atoms with Gasteiger partial charge < -0.3 is 5.32 Å². The molecule has 1 aliphatic rings. The molecule has 1 nitrogen and oxygen atoms in total. The van der Waals surface area contributed by atoms with Gasteiger partial charge in [0, 0.05) is 21.8 Å². The van der Waals surface area contributed by atoms with Gasteiger partial charge in [-0.15, -0.1) is 22.7 Å². The molecule has 0 bridgehead atoms. The van der Waals surface area contributed by atoms with E-state index in [1.54, 1.807) is 10.4 Å². The molecule has 0 amide bonds. The first-order chi connectivity index (χ1) is 8.34. The number of hydrogen-bond donors (Lipinski definition) is 1. The molecule has 2 unspecified atom stereocenters. The van der Waals surface area contributed by atoms with E-state index >= 15 is 0 Å². The average Bonchev–Trinajstić information content (AvgIpc) is 3.00. The molecule has 0 saturated carbocycles. The second-order valence-corrected chi connectivity index (χ2v) is 6.63. The standard InChI is InChI=1S/C14H17NS2/c1-10(13-6-3-8-16-13)15-12-4-2-5-14-11(12)7-9-17-14/h3,6-10,12,15H,2,4-5H2,1H3. The van der Waals surface area contributed by atoms with E-state index in [-0.39, 0.29) is 0 Å². The number of rotatable bonds is 3. The molecule has 17 heavy (non-hydrogen) atoms. The SMILES string of the molecule is CC(NC1CCCc2sccc21)c1cccs1. The summed E-state index contributed by atoms with van der Waals surface area (Å²) in [6.45, 7) is 2.27. The van der Waals surface area contributed by atoms with Crippen molar-refractivity contribution in [2.45, 2.75) is 38.3 Å². The number of hydrogen-bond acceptors (Lipinski definition) is 3. The molecular formula is C14H17NS2. The monoisotopic (exact) mass is 263 g/mol. The van der Waals surface area contributed by atoms with Crippen molar-refractivity contribution < 1.29 is 0 Å². The first-order valence-corrected chi connectivity index (χ1v) is 7.96. The van der Waals surface area contributed by atoms with Gasteiger partial charge in [-0.2, -0.15) is 0 Å². The summed E-state index contributed by atoms with van der Waals surface area (Å²) in [4.78, 5) is 3.03. The Labute approximate surface area is 111 Å². The third-order valence-corrected chi connectivity index (χ3v) is 5.52. The Hall–Kier alpha value is -0.640. The third-order valence-electron chi connectivity index (χ3n) is 3.47. The fraction of sp³-hybridized carbons (Fsp3) is 0.429. The molecule has 0 fully saturated rings. The van der Waals surface area contributed by atoms with E-state index in [2.05, 4.69) is 41.2 Å². The van der Waals surface area contributed by atoms with E-state index in [9.17, 15) is 0 Å². The van der Waals surface area contributed by atoms with Crippen LogP contribution >= 0.6 is 22.7 Å². The van der Waals surface area contributed by atoms with E-state index in [1.165, 1.54) is 24.1 Å². The highest BCUT2D eigenvalue weighted by Crippen LogP contribution is 2.35. The molecule has 2 aromatic rings. The molecule has 1 N–H and O–H groups in total. The molecule has 90 valence electrons. The molecule has 0 saturated heterocycles. The fourth-order valence-electron chi connectivity index (χ4n) is 2.58. The van der Waals surface area contributed by atoms with Gasteiger partial charge in [-0.3, -0.25) is 0 Å². The smallest absolute Gasteiger partial charge is 0.0391 e. The highest BCUT2D eigenvalue weighted by Gasteiger charge is 2.22. The van der Waals surface area contributed by atoms with Crippen LogP contribution in [0.15, 0.2) is 29.0 Å². The largest absolute Gasteiger partial charge is 0.303 e. The van der Waals surface area contributed by atoms with Crippen LogP contribution in [0.3, 0.4) is 0 Å². The van der Waals surface area contributed by atoms with Gasteiger partial charge in [-0.05, 0) is 54.6 Å². The Morgan fingerprint density at radius 2 is 2.24 bits per heavy atom. The fourth-order valence-corrected chi connectivity index (χ4v) is 4.31. The minimum Gasteiger partial charge on any atom is -0.303 e. The van der Waals surface area contributed by atoms with Crippen LogP contribution < -0.4 is 5.32 Å². The number of thiophene rings is 2. The van der Waals surface area contributed by atoms with Gasteiger partial charge in [0.15, 0.2) is 0 Å². The highest BCUT2D eigenvalue weighted by molar-refractivity contribution is 7.10. The Balaban J connectivity index is 1.75. The summed E-state index contributed by atoms with van der Waals surface area (Å²) < 4.78 is 0. The zero-order valence-electron chi connectivity index (χ0n) is 9.98. The van der Waals surface area contributed by atoms with Gasteiger partial charge in [0.1, 0.15) is 0 Å². The van der Waals surface area contributed by atoms with E-state index < -0.39 is 0 Å². The summed E-state index contributed by atoms with van der Waals surface area (Å²) in [5.74, 6) is 0. The summed E-state index contributed by atoms with van der Waals surface area (Å²) in [6, 6.07) is 7.68. The number of aryl methyl sites for hydroxylation is 1. The molecule has 0 aromatic carbocycles. The van der Waals surface area contributed by atoms with E-state index in [0.29, 0.717) is 12.1 Å². The minimum atomic E-state index is 0.464. The molecule has 0 spiro atoms. The normalized spacial score (nSPS) is 21.1. The van der Waals surface area contributed by atoms with Crippen LogP contribution in [0.1, 0.15) is 47.2 Å². The summed E-state index contributed by atoms with van der Waals surface area (Å²) in [5.41, 5.74) is 1.55. The lowest BCUT2D eigenvalue weighted by atomic mass is 9.93. The second-order valence-electron chi connectivity index (χ2n) is 4.65. The van der Waals surface area contributed by atoms with Gasteiger partial charge in [-0.1, -0.05) is 6.07 Å². The van der Waals surface area contributed by atoms with Crippen molar-refractivity contribution in [1.82, 2.24) is 5.32 Å². The molecule has 1 aliphatic carbocycles. The van der Waals surface area contributed by atoms with Crippen molar-refractivity contribution in [2.24, 2.45) is 0 Å². The maximum Gasteiger partial charge on any atom is 0.0391 e. The highest BCUT2D eigenvalue weighted by atomic mass is 32.1. The van der Waals surface area contributed by atoms with Crippen molar-refractivity contribution in [3.63, 3.8) is 0 Å². The lowest BCUT2D eigenvalue weighted by Gasteiger charge is -2.26. The summed E-state index contributed by atoms with van der Waals surface area (Å²) in [6.07, 6.45) is 3.88. The molecule has 0 aliphatic heterocycles. The van der Waals surface area contributed by atoms with Crippen LogP contribution in [0, 0.1) is 0 Å². The average molecular weight is 263 g/mol. The van der Waals surface area contributed by atoms with Crippen molar-refractivity contribution in [3.8, 4) is 0 Å². The maximum absolute atomic E-state index is 3.78. The number of fused-ring (bicyclic) bond motifs is 1. The van der Waals surface area contributed by atoms with Gasteiger partial charge in [0.25, 0.3) is 0 Å². The minimum absolute atomic E-state index is 0.464. The molecule has 3 heteroatoms. The zero-order valence-corrected chi connectivity index (χ0v) is 11.6. The van der Waals surface area contributed by atoms with Crippen molar-refractivity contribution in [3.05, 3.63) is 44.3 Å². The first kappa shape index (κ1) is 11.5. The summed E-state index contributed by atoms with van der Waals surface area (Å²) in [5, 5.41) is 8.17. The molecule has 3 rings (SSSR count). The Morgan fingerprint density at radius 3 is 3.06 bits per heavy atom. The van der Waals surface area contributed by atoms with Gasteiger partial charge in [-0.25, -0.2) is 0 Å². The summed E-state index contributed by atoms with van der Waals surface area (Å²) >= 11 is 3.76. The molecule has 2 heterocycles. The second kappa shape index (κ2) is 4.92. The van der Waals surface area contributed by atoms with Crippen LogP contribution in [0.2, 0.25) is 0 Å². The molecule has 0 radical (unpaired) electrons. The van der Waals surface area contributed by atoms with Gasteiger partial charge >= 0.3 is 0 Å². The Bertz CT molecular complexity index is 472. The Morgan fingerprint density at radius 1 is 1.29 bits per heavy atom. The van der Waals surface area contributed by atoms with Crippen molar-refractivity contribution in [2.75, 3.05) is 0 Å². The molecule has 2 atom stereocenters. The lowest BCUT2D eigenvalue weighted by molar-refractivity contribution is 0.421. The zero-order chi connectivity index (χ0) is 11.7. The van der Waals surface area contributed by atoms with E-state index in [1.807, 2.05) is 22.7 Å². The predicted octanol–water partition coefficient (Wildman–Crippen LogP) is 4.54. The van der Waals surface area contributed by atoms with Crippen molar-refractivity contribution >= 4 is 22.7 Å². The van der Waals surface area contributed by atoms with Crippen LogP contribution in [-0.2, 0) is 6.42 Å². The van der Waals surface area contributed by atoms with Crippen LogP contribution in [0.25, 0.3) is 0 Å². The third kappa shape index (κ3) is 2.32. The predicted molar refractivity (Wildman–Crippen MR) is 75.9 cm³/mol. The van der Waals surface area contributed by atoms with Crippen LogP contribution in [0.5, 0.6) is 0 Å². The quantitative estimate of drug-likeness (QED) is 0.857. The lowest BCUT2D eigenvalue weighted by Crippen LogP contribution is -2.26. The van der Waals surface area contributed by atoms with Crippen LogP contribution in [-0.4, -0.2) is 0 Å². The van der Waals surface area contributed by atoms with Gasteiger partial charge in [0.2, 0.25) is 0 Å². The van der Waals surface area contributed by atoms with Crippen LogP contribution in [0.4, 0.5) is 0 Å². The topological polar surface area (TPSA) is 12.0 Å². The van der Waals surface area contributed by atoms with E-state index in [0.717, 1.165) is 0 Å². The molecule has 2 aromatic heterocycles. The Kier molecular flexibility index (Phi) is 3.32. The van der Waals surface area contributed by atoms with E-state index in [4.69, 9.17) is 0 Å². The first-order valence-electron chi connectivity index (χ1n) is 6.20. The van der Waals surface area contributed by atoms with Crippen molar-refractivity contribution in [1.29, 1.82) is 0 Å². The molecular weight excluding hydrogens is 246 g/mol. The number of nitrogens with one attached hydrogen (secondary N) is 1.